The molecule has 8 heteroatoms. The Hall–Kier alpha value is -4.76. The second kappa shape index (κ2) is 9.66. The highest BCUT2D eigenvalue weighted by Crippen LogP contribution is 2.70. The van der Waals surface area contributed by atoms with Crippen LogP contribution in [-0.4, -0.2) is 23.7 Å². The summed E-state index contributed by atoms with van der Waals surface area (Å²) in [4.78, 5) is 1.52. The van der Waals surface area contributed by atoms with Crippen molar-refractivity contribution in [3.05, 3.63) is 127 Å². The Kier molecular flexibility index (Phi) is 6.02. The lowest BCUT2D eigenvalue weighted by Gasteiger charge is -2.39. The minimum Gasteiger partial charge on any atom is -0.508 e. The van der Waals surface area contributed by atoms with Crippen LogP contribution < -0.4 is 0 Å². The van der Waals surface area contributed by atoms with Gasteiger partial charge in [0.05, 0.1) is 0 Å². The van der Waals surface area contributed by atoms with E-state index in [1.165, 1.54) is 36.4 Å². The van der Waals surface area contributed by atoms with E-state index in [0.717, 1.165) is 26.9 Å². The topological polar surface area (TPSA) is 104 Å². The molecule has 7 rings (SSSR count). The summed E-state index contributed by atoms with van der Waals surface area (Å²) < 4.78 is 35.6. The number of rotatable bonds is 6. The second-order valence-corrected chi connectivity index (χ2v) is 14.4. The molecular formula is C34H24O6S2. The molecule has 0 fully saturated rings. The summed E-state index contributed by atoms with van der Waals surface area (Å²) in [5.74, 6) is 0.0364. The van der Waals surface area contributed by atoms with Crippen molar-refractivity contribution >= 4 is 52.7 Å². The zero-order chi connectivity index (χ0) is 29.1. The summed E-state index contributed by atoms with van der Waals surface area (Å²) in [5, 5.41) is 35.6. The monoisotopic (exact) mass is 592 g/mol. The van der Waals surface area contributed by atoms with Crippen LogP contribution in [-0.2, 0) is 13.7 Å². The van der Waals surface area contributed by atoms with Gasteiger partial charge in [0, 0.05) is 20.1 Å². The first-order chi connectivity index (χ1) is 20.3. The summed E-state index contributed by atoms with van der Waals surface area (Å²) in [6, 6.07) is 35.8. The van der Waals surface area contributed by atoms with E-state index in [1.807, 2.05) is 42.5 Å². The van der Waals surface area contributed by atoms with Gasteiger partial charge in [-0.1, -0.05) is 48.5 Å². The lowest BCUT2D eigenvalue weighted by atomic mass is 9.94. The maximum absolute atomic E-state index is 14.6. The van der Waals surface area contributed by atoms with Gasteiger partial charge in [-0.15, -0.1) is 0 Å². The van der Waals surface area contributed by atoms with Gasteiger partial charge in [0.25, 0.3) is 0 Å². The SMILES string of the molecule is O=S(=O)(OS(c1ccc(O)cc1)(c1ccc(O)cc1)c1ccc(O)cc1)c1ccc2ccc3cccc4ccc1c2c34. The summed E-state index contributed by atoms with van der Waals surface area (Å²) >= 11 is 0. The standard InChI is InChI=1S/C34H24O6S2/c35-25-8-14-28(15-9-25)41(29-16-10-26(36)11-17-29,30-18-12-27(37)13-19-30)40-42(38,39)32-21-7-24-5-4-22-2-1-3-23-6-20-31(32)34(24)33(22)23/h1-21,35-37H. The van der Waals surface area contributed by atoms with Crippen molar-refractivity contribution in [1.82, 2.24) is 0 Å². The Morgan fingerprint density at radius 3 is 1.33 bits per heavy atom. The van der Waals surface area contributed by atoms with Gasteiger partial charge in [-0.25, -0.2) is 3.63 Å². The molecule has 0 heterocycles. The number of benzene rings is 7. The van der Waals surface area contributed by atoms with Gasteiger partial charge in [-0.2, -0.15) is 8.42 Å². The molecule has 0 aliphatic carbocycles. The van der Waals surface area contributed by atoms with Gasteiger partial charge in [0.15, 0.2) is 0 Å². The fourth-order valence-corrected chi connectivity index (χ4v) is 10.9. The first kappa shape index (κ1) is 26.2. The lowest BCUT2D eigenvalue weighted by molar-refractivity contribution is 0.474. The molecule has 0 amide bonds. The van der Waals surface area contributed by atoms with E-state index in [2.05, 4.69) is 0 Å². The molecule has 0 atom stereocenters. The molecule has 0 radical (unpaired) electrons. The van der Waals surface area contributed by atoms with Crippen molar-refractivity contribution in [3.63, 3.8) is 0 Å². The smallest absolute Gasteiger partial charge is 0.307 e. The van der Waals surface area contributed by atoms with Gasteiger partial charge in [-0.05, 0) is 116 Å². The molecular weight excluding hydrogens is 569 g/mol. The third kappa shape index (κ3) is 4.11. The molecule has 0 aliphatic rings. The van der Waals surface area contributed by atoms with Crippen LogP contribution >= 0.6 is 10.3 Å². The van der Waals surface area contributed by atoms with Crippen LogP contribution in [0.25, 0.3) is 32.3 Å². The van der Waals surface area contributed by atoms with E-state index in [1.54, 1.807) is 48.5 Å². The summed E-state index contributed by atoms with van der Waals surface area (Å²) in [6.07, 6.45) is 0. The van der Waals surface area contributed by atoms with Gasteiger partial charge < -0.3 is 15.3 Å². The average Bonchev–Trinajstić information content (AvgIpc) is 3.00. The molecule has 0 aromatic heterocycles. The average molecular weight is 593 g/mol. The van der Waals surface area contributed by atoms with Crippen LogP contribution in [0.4, 0.5) is 0 Å². The Labute approximate surface area is 243 Å². The van der Waals surface area contributed by atoms with Crippen LogP contribution in [0.3, 0.4) is 0 Å². The molecule has 7 aromatic carbocycles. The van der Waals surface area contributed by atoms with Crippen molar-refractivity contribution in [1.29, 1.82) is 0 Å². The van der Waals surface area contributed by atoms with Crippen molar-refractivity contribution in [2.24, 2.45) is 0 Å². The highest BCUT2D eigenvalue weighted by molar-refractivity contribution is 8.33. The molecule has 42 heavy (non-hydrogen) atoms. The number of phenolic OH excluding ortho intramolecular Hbond substituents is 3. The lowest BCUT2D eigenvalue weighted by Crippen LogP contribution is -2.15. The molecule has 0 saturated carbocycles. The molecule has 3 N–H and O–H groups in total. The van der Waals surface area contributed by atoms with E-state index >= 15 is 0 Å². The molecule has 0 saturated heterocycles. The number of aromatic hydroxyl groups is 3. The zero-order valence-electron chi connectivity index (χ0n) is 22.0. The van der Waals surface area contributed by atoms with E-state index in [0.29, 0.717) is 20.1 Å². The normalized spacial score (nSPS) is 12.8. The molecule has 0 bridgehead atoms. The van der Waals surface area contributed by atoms with Crippen LogP contribution in [0.5, 0.6) is 17.2 Å². The Morgan fingerprint density at radius 1 is 0.452 bits per heavy atom. The Balaban J connectivity index is 1.52. The van der Waals surface area contributed by atoms with Crippen LogP contribution in [0.1, 0.15) is 0 Å². The predicted octanol–water partition coefficient (Wildman–Crippen LogP) is 8.30. The van der Waals surface area contributed by atoms with Gasteiger partial charge in [-0.3, -0.25) is 0 Å². The van der Waals surface area contributed by atoms with Crippen LogP contribution in [0.15, 0.2) is 147 Å². The largest absolute Gasteiger partial charge is 0.508 e. The Bertz CT molecular complexity index is 2070. The second-order valence-electron chi connectivity index (χ2n) is 9.98. The van der Waals surface area contributed by atoms with Crippen LogP contribution in [0, 0.1) is 0 Å². The highest BCUT2D eigenvalue weighted by Gasteiger charge is 2.39. The highest BCUT2D eigenvalue weighted by atomic mass is 32.3. The maximum Gasteiger partial charge on any atom is 0.307 e. The molecule has 0 spiro atoms. The number of hydrogen-bond donors (Lipinski definition) is 3. The number of hydrogen-bond acceptors (Lipinski definition) is 6. The predicted molar refractivity (Wildman–Crippen MR) is 165 cm³/mol. The first-order valence-corrected chi connectivity index (χ1v) is 16.1. The molecule has 0 aliphatic heterocycles. The maximum atomic E-state index is 14.6. The fourth-order valence-electron chi connectivity index (χ4n) is 5.54. The van der Waals surface area contributed by atoms with Gasteiger partial charge >= 0.3 is 10.1 Å². The van der Waals surface area contributed by atoms with Gasteiger partial charge in [0.1, 0.15) is 22.1 Å². The fraction of sp³-hybridized carbons (Fsp3) is 0. The zero-order valence-corrected chi connectivity index (χ0v) is 23.6. The third-order valence-electron chi connectivity index (χ3n) is 7.46. The summed E-state index contributed by atoms with van der Waals surface area (Å²) in [7, 11) is -7.51. The molecule has 6 nitrogen and oxygen atoms in total. The van der Waals surface area contributed by atoms with E-state index in [4.69, 9.17) is 3.63 Å². The van der Waals surface area contributed by atoms with Crippen LogP contribution in [0.2, 0.25) is 0 Å². The first-order valence-electron chi connectivity index (χ1n) is 13.1. The Morgan fingerprint density at radius 2 is 0.857 bits per heavy atom. The third-order valence-corrected chi connectivity index (χ3v) is 12.7. The number of phenols is 3. The van der Waals surface area contributed by atoms with Gasteiger partial charge in [0.2, 0.25) is 0 Å². The van der Waals surface area contributed by atoms with E-state index < -0.39 is 20.4 Å². The van der Waals surface area contributed by atoms with Crippen molar-refractivity contribution in [2.45, 2.75) is 19.6 Å². The van der Waals surface area contributed by atoms with E-state index in [9.17, 15) is 23.7 Å². The minimum absolute atomic E-state index is 0.0121. The molecule has 208 valence electrons. The van der Waals surface area contributed by atoms with Crippen molar-refractivity contribution in [3.8, 4) is 17.2 Å². The summed E-state index contributed by atoms with van der Waals surface area (Å²) in [5.41, 5.74) is 0. The van der Waals surface area contributed by atoms with Crippen molar-refractivity contribution in [2.75, 3.05) is 0 Å². The minimum atomic E-state index is -4.47. The summed E-state index contributed by atoms with van der Waals surface area (Å²) in [6.45, 7) is 0. The van der Waals surface area contributed by atoms with E-state index in [-0.39, 0.29) is 22.1 Å². The molecule has 7 aromatic rings. The molecule has 0 unspecified atom stereocenters. The van der Waals surface area contributed by atoms with Crippen molar-refractivity contribution < 1.29 is 27.4 Å². The quantitative estimate of drug-likeness (QED) is 0.168.